The van der Waals surface area contributed by atoms with Crippen LogP contribution in [0.5, 0.6) is 0 Å². The Morgan fingerprint density at radius 3 is 2.75 bits per heavy atom. The van der Waals surface area contributed by atoms with Crippen molar-refractivity contribution < 1.29 is 1.43 Å². The highest BCUT2D eigenvalue weighted by molar-refractivity contribution is 5.82. The summed E-state index contributed by atoms with van der Waals surface area (Å²) in [4.78, 5) is 3.49. The highest BCUT2D eigenvalue weighted by Crippen LogP contribution is 2.42. The summed E-state index contributed by atoms with van der Waals surface area (Å²) in [6.45, 7) is 4.00. The van der Waals surface area contributed by atoms with Crippen LogP contribution in [0, 0.1) is 11.8 Å². The number of fused-ring (bicyclic) bond motifs is 4. The fourth-order valence-corrected chi connectivity index (χ4v) is 2.54. The molecule has 0 aliphatic heterocycles. The molecule has 1 N–H and O–H groups in total. The molecule has 2 aliphatic rings. The van der Waals surface area contributed by atoms with Gasteiger partial charge >= 0.3 is 0 Å². The molecule has 0 radical (unpaired) electrons. The zero-order valence-corrected chi connectivity index (χ0v) is 9.83. The van der Waals surface area contributed by atoms with Gasteiger partial charge in [0, 0.05) is 22.9 Å². The summed E-state index contributed by atoms with van der Waals surface area (Å²) < 4.78 is 0. The second-order valence-electron chi connectivity index (χ2n) is 4.39. The van der Waals surface area contributed by atoms with Crippen molar-refractivity contribution in [3.8, 4) is 0 Å². The molecule has 1 heterocycles. The van der Waals surface area contributed by atoms with Gasteiger partial charge in [0.15, 0.2) is 0 Å². The van der Waals surface area contributed by atoms with E-state index >= 15 is 0 Å². The Morgan fingerprint density at radius 2 is 1.88 bits per heavy atom. The van der Waals surface area contributed by atoms with Crippen molar-refractivity contribution in [2.24, 2.45) is 11.8 Å². The first-order valence-electron chi connectivity index (χ1n) is 6.22. The van der Waals surface area contributed by atoms with Gasteiger partial charge in [-0.15, -0.1) is 0 Å². The minimum absolute atomic E-state index is 0. The molecule has 84 valence electrons. The Morgan fingerprint density at radius 1 is 1.12 bits per heavy atom. The van der Waals surface area contributed by atoms with Crippen LogP contribution in [-0.2, 0) is 0 Å². The van der Waals surface area contributed by atoms with Crippen molar-refractivity contribution >= 4 is 23.1 Å². The summed E-state index contributed by atoms with van der Waals surface area (Å²) in [6.07, 6.45) is 6.20. The third kappa shape index (κ3) is 1.31. The number of H-pyrrole nitrogens is 1. The van der Waals surface area contributed by atoms with Crippen LogP contribution < -0.4 is 10.6 Å². The molecule has 2 atom stereocenters. The second kappa shape index (κ2) is 3.51. The number of aromatic nitrogens is 1. The molecule has 1 fully saturated rings. The molecule has 1 saturated carbocycles. The van der Waals surface area contributed by atoms with E-state index in [1.54, 1.807) is 0 Å². The monoisotopic (exact) mass is 213 g/mol. The first-order chi connectivity index (χ1) is 7.92. The molecule has 0 bridgehead atoms. The molecule has 1 heteroatoms. The molecule has 0 amide bonds. The van der Waals surface area contributed by atoms with Crippen LogP contribution in [0.4, 0.5) is 0 Å². The number of hydrogen-bond acceptors (Lipinski definition) is 0. The molecule has 2 aliphatic carbocycles. The van der Waals surface area contributed by atoms with E-state index in [4.69, 9.17) is 0 Å². The summed E-state index contributed by atoms with van der Waals surface area (Å²) in [5, 5.41) is 4.15. The van der Waals surface area contributed by atoms with Gasteiger partial charge in [0.25, 0.3) is 0 Å². The average Bonchev–Trinajstić information content (AvgIpc) is 3.01. The van der Waals surface area contributed by atoms with Crippen LogP contribution in [0.15, 0.2) is 24.3 Å². The van der Waals surface area contributed by atoms with Crippen molar-refractivity contribution in [3.05, 3.63) is 34.8 Å². The summed E-state index contributed by atoms with van der Waals surface area (Å²) >= 11 is 0. The zero-order chi connectivity index (χ0) is 11.1. The van der Waals surface area contributed by atoms with Gasteiger partial charge in [-0.05, 0) is 24.3 Å². The number of para-hydroxylation sites is 1. The number of aromatic amines is 1. The van der Waals surface area contributed by atoms with Gasteiger partial charge in [0.2, 0.25) is 0 Å². The first kappa shape index (κ1) is 9.71. The standard InChI is InChI=1S/C13H11N.C2H6.H2/c1-2-4-12-10(3-1)11-6-8-5-9(8)7-13(11)14-12;1-2;/h1-4,6-9,14H,5H2;1-2H3;1H. The van der Waals surface area contributed by atoms with Crippen LogP contribution in [0.3, 0.4) is 0 Å². The van der Waals surface area contributed by atoms with E-state index in [9.17, 15) is 0 Å². The molecule has 0 saturated heterocycles. The van der Waals surface area contributed by atoms with Gasteiger partial charge in [-0.3, -0.25) is 0 Å². The lowest BCUT2D eigenvalue weighted by atomic mass is 10.1. The molecule has 1 nitrogen and oxygen atoms in total. The molecular weight excluding hydrogens is 194 g/mol. The summed E-state index contributed by atoms with van der Waals surface area (Å²) in [5.74, 6) is 1.66. The van der Waals surface area contributed by atoms with Crippen molar-refractivity contribution in [2.45, 2.75) is 20.3 Å². The number of rotatable bonds is 0. The second-order valence-corrected chi connectivity index (χ2v) is 4.39. The molecule has 0 spiro atoms. The SMILES string of the molecule is C1=c2[nH]c3ccccc3c2=CC2CC12.CC.[HH]. The Bertz CT molecular complexity index is 638. The van der Waals surface area contributed by atoms with E-state index in [1.165, 1.54) is 27.9 Å². The third-order valence-corrected chi connectivity index (χ3v) is 3.43. The number of benzene rings is 1. The van der Waals surface area contributed by atoms with Gasteiger partial charge < -0.3 is 4.98 Å². The van der Waals surface area contributed by atoms with Gasteiger partial charge in [0.1, 0.15) is 0 Å². The van der Waals surface area contributed by atoms with Gasteiger partial charge in [-0.2, -0.15) is 0 Å². The summed E-state index contributed by atoms with van der Waals surface area (Å²) in [5.41, 5.74) is 1.27. The van der Waals surface area contributed by atoms with Crippen LogP contribution in [-0.4, -0.2) is 4.98 Å². The Balaban J connectivity index is 0.000000344. The molecule has 2 unspecified atom stereocenters. The maximum Gasteiger partial charge on any atom is 0.0464 e. The minimum Gasteiger partial charge on any atom is -0.355 e. The van der Waals surface area contributed by atoms with Crippen molar-refractivity contribution in [2.75, 3.05) is 0 Å². The molecule has 1 aromatic heterocycles. The van der Waals surface area contributed by atoms with Gasteiger partial charge in [-0.1, -0.05) is 44.2 Å². The highest BCUT2D eigenvalue weighted by atomic mass is 14.7. The molecule has 4 rings (SSSR count). The predicted molar refractivity (Wildman–Crippen MR) is 71.5 cm³/mol. The fraction of sp³-hybridized carbons (Fsp3) is 0.333. The van der Waals surface area contributed by atoms with Crippen LogP contribution in [0.1, 0.15) is 21.7 Å². The van der Waals surface area contributed by atoms with E-state index in [0.29, 0.717) is 0 Å². The fourth-order valence-electron chi connectivity index (χ4n) is 2.54. The summed E-state index contributed by atoms with van der Waals surface area (Å²) in [6, 6.07) is 8.56. The van der Waals surface area contributed by atoms with E-state index in [1.807, 2.05) is 13.8 Å². The lowest BCUT2D eigenvalue weighted by Crippen LogP contribution is -2.25. The average molecular weight is 213 g/mol. The lowest BCUT2D eigenvalue weighted by Gasteiger charge is -1.92. The van der Waals surface area contributed by atoms with Crippen molar-refractivity contribution in [3.63, 3.8) is 0 Å². The topological polar surface area (TPSA) is 15.8 Å². The molecule has 16 heavy (non-hydrogen) atoms. The smallest absolute Gasteiger partial charge is 0.0464 e. The van der Waals surface area contributed by atoms with Crippen molar-refractivity contribution in [1.29, 1.82) is 0 Å². The largest absolute Gasteiger partial charge is 0.355 e. The Labute approximate surface area is 97.0 Å². The minimum atomic E-state index is 0. The number of nitrogens with one attached hydrogen (secondary N) is 1. The lowest BCUT2D eigenvalue weighted by molar-refractivity contribution is 1.05. The number of hydrogen-bond donors (Lipinski definition) is 1. The van der Waals surface area contributed by atoms with E-state index < -0.39 is 0 Å². The third-order valence-electron chi connectivity index (χ3n) is 3.43. The zero-order valence-electron chi connectivity index (χ0n) is 9.83. The van der Waals surface area contributed by atoms with E-state index in [0.717, 1.165) is 11.8 Å². The normalized spacial score (nSPS) is 24.4. The van der Waals surface area contributed by atoms with Crippen LogP contribution >= 0.6 is 0 Å². The first-order valence-corrected chi connectivity index (χ1v) is 6.22. The highest BCUT2D eigenvalue weighted by Gasteiger charge is 2.34. The summed E-state index contributed by atoms with van der Waals surface area (Å²) in [7, 11) is 0. The predicted octanol–water partition coefficient (Wildman–Crippen LogP) is 2.65. The van der Waals surface area contributed by atoms with E-state index in [-0.39, 0.29) is 1.43 Å². The van der Waals surface area contributed by atoms with E-state index in [2.05, 4.69) is 41.4 Å². The van der Waals surface area contributed by atoms with Gasteiger partial charge in [0.05, 0.1) is 0 Å². The Kier molecular flexibility index (Phi) is 2.13. The molecule has 1 aromatic carbocycles. The maximum absolute atomic E-state index is 3.49. The molecule has 2 aromatic rings. The maximum atomic E-state index is 3.49. The quantitative estimate of drug-likeness (QED) is 0.692. The van der Waals surface area contributed by atoms with Gasteiger partial charge in [-0.25, -0.2) is 0 Å². The van der Waals surface area contributed by atoms with Crippen LogP contribution in [0.25, 0.3) is 23.1 Å². The van der Waals surface area contributed by atoms with Crippen molar-refractivity contribution in [1.82, 2.24) is 4.98 Å². The molecular formula is C15H19N. The Hall–Kier alpha value is -1.50. The van der Waals surface area contributed by atoms with Crippen LogP contribution in [0.2, 0.25) is 0 Å².